The molecule has 0 amide bonds. The van der Waals surface area contributed by atoms with Gasteiger partial charge < -0.3 is 0 Å². The van der Waals surface area contributed by atoms with Crippen LogP contribution in [-0.4, -0.2) is 22.0 Å². The van der Waals surface area contributed by atoms with Crippen molar-refractivity contribution in [1.82, 2.24) is 0 Å². The number of hydrazine groups is 1. The normalized spacial score (nSPS) is 5.57. The second kappa shape index (κ2) is 16.5. The van der Waals surface area contributed by atoms with Gasteiger partial charge in [-0.25, -0.2) is 0 Å². The Morgan fingerprint density at radius 3 is 2.00 bits per heavy atom. The van der Waals surface area contributed by atoms with Crippen molar-refractivity contribution >= 4 is 22.0 Å². The van der Waals surface area contributed by atoms with Crippen molar-refractivity contribution in [2.75, 3.05) is 0 Å². The molecular weight excluding hydrogens is 84.5 g/mol. The predicted molar refractivity (Wildman–Crippen MR) is 36.1 cm³/mol. The van der Waals surface area contributed by atoms with Crippen LogP contribution < -0.4 is 11.7 Å². The van der Waals surface area contributed by atoms with E-state index in [4.69, 9.17) is 7.74 Å². The minimum absolute atomic E-state index is 1.04. The predicted octanol–water partition coefficient (Wildman–Crippen LogP) is -1.35. The van der Waals surface area contributed by atoms with Crippen LogP contribution in [0, 0.1) is 0 Å². The molecule has 4 N–H and O–H groups in total. The SMILES string of the molecule is NN.[B][B][B]CC. The number of nitrogens with two attached hydrogens (primary N) is 2. The van der Waals surface area contributed by atoms with E-state index in [1.54, 1.807) is 7.06 Å². The molecule has 0 saturated heterocycles. The monoisotopic (exact) mass is 94.1 g/mol. The zero-order chi connectivity index (χ0) is 6.12. The topological polar surface area (TPSA) is 52.0 Å². The zero-order valence-electron chi connectivity index (χ0n) is 4.59. The average molecular weight is 93.5 g/mol. The maximum Gasteiger partial charge on any atom is 0.0541 e. The Kier molecular flexibility index (Phi) is 24.0. The average Bonchev–Trinajstić information content (AvgIpc) is 1.75. The Morgan fingerprint density at radius 2 is 2.00 bits per heavy atom. The van der Waals surface area contributed by atoms with E-state index in [-0.39, 0.29) is 0 Å². The van der Waals surface area contributed by atoms with Crippen LogP contribution in [0.5, 0.6) is 0 Å². The van der Waals surface area contributed by atoms with E-state index >= 15 is 0 Å². The minimum Gasteiger partial charge on any atom is -0.274 e. The standard InChI is InChI=1S/C2H5B3.H4N2/c1-2-4-5-3;1-2/h2H2,1H3;1-2H2. The van der Waals surface area contributed by atoms with Gasteiger partial charge in [0.1, 0.15) is 0 Å². The Hall–Kier alpha value is 0.115. The van der Waals surface area contributed by atoms with Crippen molar-refractivity contribution in [1.29, 1.82) is 0 Å². The van der Waals surface area contributed by atoms with Crippen molar-refractivity contribution in [3.8, 4) is 0 Å². The van der Waals surface area contributed by atoms with Crippen LogP contribution in [0.25, 0.3) is 0 Å². The molecule has 0 rings (SSSR count). The van der Waals surface area contributed by atoms with Crippen molar-refractivity contribution in [2.45, 2.75) is 13.2 Å². The molecule has 36 valence electrons. The smallest absolute Gasteiger partial charge is 0.0541 e. The van der Waals surface area contributed by atoms with Crippen LogP contribution in [0.3, 0.4) is 0 Å². The van der Waals surface area contributed by atoms with E-state index in [0.29, 0.717) is 0 Å². The molecule has 4 radical (unpaired) electrons. The van der Waals surface area contributed by atoms with Crippen molar-refractivity contribution in [3.05, 3.63) is 0 Å². The molecule has 0 aliphatic heterocycles. The molecule has 0 aliphatic rings. The summed E-state index contributed by atoms with van der Waals surface area (Å²) in [6.07, 6.45) is 1.04. The van der Waals surface area contributed by atoms with Crippen LogP contribution in [0.15, 0.2) is 0 Å². The Morgan fingerprint density at radius 1 is 1.57 bits per heavy atom. The number of hydrogen-bond acceptors (Lipinski definition) is 2. The highest BCUT2D eigenvalue weighted by molar-refractivity contribution is 7.23. The van der Waals surface area contributed by atoms with E-state index < -0.39 is 0 Å². The molecule has 2 nitrogen and oxygen atoms in total. The maximum atomic E-state index is 4.96. The molecule has 0 spiro atoms. The van der Waals surface area contributed by atoms with Gasteiger partial charge in [0, 0.05) is 14.8 Å². The molecule has 0 aromatic carbocycles. The van der Waals surface area contributed by atoms with E-state index in [9.17, 15) is 0 Å². The van der Waals surface area contributed by atoms with Gasteiger partial charge in [0.25, 0.3) is 0 Å². The van der Waals surface area contributed by atoms with Gasteiger partial charge in [0.05, 0.1) is 7.17 Å². The lowest BCUT2D eigenvalue weighted by Crippen LogP contribution is -2.02. The minimum atomic E-state index is 1.04. The third-order valence-corrected chi connectivity index (χ3v) is 0.372. The lowest BCUT2D eigenvalue weighted by molar-refractivity contribution is 1.26. The molecule has 0 aromatic rings. The second-order valence-electron chi connectivity index (χ2n) is 0.836. The summed E-state index contributed by atoms with van der Waals surface area (Å²) >= 11 is 0. The molecule has 0 heterocycles. The summed E-state index contributed by atoms with van der Waals surface area (Å²) in [6.45, 7) is 2.04. The molecule has 0 atom stereocenters. The summed E-state index contributed by atoms with van der Waals surface area (Å²) in [6, 6.07) is 0. The van der Waals surface area contributed by atoms with Gasteiger partial charge in [0.15, 0.2) is 0 Å². The van der Waals surface area contributed by atoms with E-state index in [2.05, 4.69) is 11.7 Å². The Bertz CT molecular complexity index is 18.4. The van der Waals surface area contributed by atoms with Gasteiger partial charge in [-0.05, 0) is 0 Å². The summed E-state index contributed by atoms with van der Waals surface area (Å²) in [4.78, 5) is 0. The van der Waals surface area contributed by atoms with Crippen LogP contribution in [0.4, 0.5) is 0 Å². The summed E-state index contributed by atoms with van der Waals surface area (Å²) in [5.41, 5.74) is 0. The quantitative estimate of drug-likeness (QED) is 0.252. The first kappa shape index (κ1) is 10.2. The summed E-state index contributed by atoms with van der Waals surface area (Å²) in [7, 11) is 8.42. The molecule has 0 bridgehead atoms. The molecule has 0 unspecified atom stereocenters. The van der Waals surface area contributed by atoms with Gasteiger partial charge in [0.2, 0.25) is 0 Å². The van der Waals surface area contributed by atoms with Gasteiger partial charge in [-0.2, -0.15) is 0 Å². The largest absolute Gasteiger partial charge is 0.274 e. The third-order valence-electron chi connectivity index (χ3n) is 0.372. The molecule has 0 fully saturated rings. The van der Waals surface area contributed by atoms with Crippen molar-refractivity contribution in [2.24, 2.45) is 11.7 Å². The van der Waals surface area contributed by atoms with Crippen molar-refractivity contribution in [3.63, 3.8) is 0 Å². The fraction of sp³-hybridized carbons (Fsp3) is 1.00. The zero-order valence-corrected chi connectivity index (χ0v) is 4.59. The van der Waals surface area contributed by atoms with Crippen molar-refractivity contribution < 1.29 is 0 Å². The van der Waals surface area contributed by atoms with Crippen LogP contribution in [-0.2, 0) is 0 Å². The first-order valence-corrected chi connectivity index (χ1v) is 2.12. The van der Waals surface area contributed by atoms with E-state index in [1.807, 2.05) is 14.1 Å². The van der Waals surface area contributed by atoms with Crippen LogP contribution in [0.2, 0.25) is 6.32 Å². The highest BCUT2D eigenvalue weighted by Gasteiger charge is 1.73. The fourth-order valence-corrected chi connectivity index (χ4v) is 0.136. The Balaban J connectivity index is 0. The molecule has 0 saturated carbocycles. The highest BCUT2D eigenvalue weighted by Crippen LogP contribution is 1.63. The molecule has 5 heteroatoms. The summed E-state index contributed by atoms with van der Waals surface area (Å²) in [5.74, 6) is 8.00. The third kappa shape index (κ3) is 23.1. The Labute approximate surface area is 47.9 Å². The van der Waals surface area contributed by atoms with Gasteiger partial charge in [-0.3, -0.25) is 11.7 Å². The van der Waals surface area contributed by atoms with Gasteiger partial charge >= 0.3 is 0 Å². The first-order valence-electron chi connectivity index (χ1n) is 2.12. The molecule has 0 aromatic heterocycles. The molecule has 0 aliphatic carbocycles. The van der Waals surface area contributed by atoms with E-state index in [1.165, 1.54) is 0 Å². The van der Waals surface area contributed by atoms with Gasteiger partial charge in [-0.15, -0.1) is 0 Å². The number of hydrogen-bond donors (Lipinski definition) is 2. The molecular formula is C2H9B3N2. The highest BCUT2D eigenvalue weighted by atomic mass is 15.0. The second-order valence-corrected chi connectivity index (χ2v) is 0.836. The lowest BCUT2D eigenvalue weighted by atomic mass is 9.27. The lowest BCUT2D eigenvalue weighted by Gasteiger charge is -1.74. The maximum absolute atomic E-state index is 4.96. The van der Waals surface area contributed by atoms with E-state index in [0.717, 1.165) is 6.32 Å². The van der Waals surface area contributed by atoms with Crippen LogP contribution in [0.1, 0.15) is 6.92 Å². The van der Waals surface area contributed by atoms with Gasteiger partial charge in [-0.1, -0.05) is 13.2 Å². The van der Waals surface area contributed by atoms with Crippen LogP contribution >= 0.6 is 0 Å². The first-order chi connectivity index (χ1) is 3.41. The molecule has 7 heavy (non-hydrogen) atoms. The fourth-order valence-electron chi connectivity index (χ4n) is 0.136. The summed E-state index contributed by atoms with van der Waals surface area (Å²) in [5, 5.41) is 0. The summed E-state index contributed by atoms with van der Waals surface area (Å²) < 4.78 is 0. The number of rotatable bonds is 2.